The van der Waals surface area contributed by atoms with Crippen LogP contribution in [0.4, 0.5) is 10.1 Å². The molecule has 0 bridgehead atoms. The first-order valence-corrected chi connectivity index (χ1v) is 10.8. The second-order valence-corrected chi connectivity index (χ2v) is 8.36. The summed E-state index contributed by atoms with van der Waals surface area (Å²) in [6.45, 7) is 5.76. The van der Waals surface area contributed by atoms with E-state index in [9.17, 15) is 14.0 Å². The number of carbonyl (C=O) groups is 1. The Hall–Kier alpha value is -3.00. The van der Waals surface area contributed by atoms with E-state index in [-0.39, 0.29) is 23.4 Å². The molecule has 8 heteroatoms. The number of pyridine rings is 2. The maximum atomic E-state index is 14.9. The molecule has 2 aliphatic rings. The van der Waals surface area contributed by atoms with Crippen molar-refractivity contribution < 1.29 is 13.9 Å². The van der Waals surface area contributed by atoms with E-state index in [1.54, 1.807) is 30.7 Å². The minimum absolute atomic E-state index is 0.0522. The van der Waals surface area contributed by atoms with Gasteiger partial charge in [-0.1, -0.05) is 0 Å². The largest absolute Gasteiger partial charge is 0.462 e. The first-order chi connectivity index (χ1) is 15.0. The van der Waals surface area contributed by atoms with Crippen molar-refractivity contribution in [1.82, 2.24) is 14.5 Å². The van der Waals surface area contributed by atoms with Crippen molar-refractivity contribution in [2.45, 2.75) is 25.8 Å². The first kappa shape index (κ1) is 19.9. The van der Waals surface area contributed by atoms with E-state index in [2.05, 4.69) is 9.88 Å². The molecule has 0 atom stereocenters. The molecule has 0 radical (unpaired) electrons. The van der Waals surface area contributed by atoms with Gasteiger partial charge in [0.15, 0.2) is 0 Å². The molecule has 2 aromatic heterocycles. The van der Waals surface area contributed by atoms with Crippen molar-refractivity contribution in [3.8, 4) is 0 Å². The highest BCUT2D eigenvalue weighted by atomic mass is 19.1. The molecule has 0 N–H and O–H groups in total. The number of hydrogen-bond donors (Lipinski definition) is 0. The summed E-state index contributed by atoms with van der Waals surface area (Å²) < 4.78 is 21.6. The molecule has 4 heterocycles. The summed E-state index contributed by atoms with van der Waals surface area (Å²) in [6.07, 6.45) is 3.94. The second kappa shape index (κ2) is 7.60. The Kier molecular flexibility index (Phi) is 4.89. The lowest BCUT2D eigenvalue weighted by Gasteiger charge is -2.45. The van der Waals surface area contributed by atoms with E-state index in [0.717, 1.165) is 26.2 Å². The highest BCUT2D eigenvalue weighted by molar-refractivity contribution is 5.97. The lowest BCUT2D eigenvalue weighted by molar-refractivity contribution is 0.0524. The predicted octanol–water partition coefficient (Wildman–Crippen LogP) is 2.69. The minimum Gasteiger partial charge on any atom is -0.462 e. The second-order valence-electron chi connectivity index (χ2n) is 8.36. The third-order valence-electron chi connectivity index (χ3n) is 6.36. The summed E-state index contributed by atoms with van der Waals surface area (Å²) in [5, 5.41) is 0.800. The summed E-state index contributed by atoms with van der Waals surface area (Å²) in [4.78, 5) is 34.2. The number of rotatable bonds is 4. The van der Waals surface area contributed by atoms with Gasteiger partial charge in [0.1, 0.15) is 17.0 Å². The van der Waals surface area contributed by atoms with Crippen molar-refractivity contribution in [1.29, 1.82) is 0 Å². The third-order valence-corrected chi connectivity index (χ3v) is 6.36. The molecule has 162 valence electrons. The van der Waals surface area contributed by atoms with Crippen molar-refractivity contribution in [2.75, 3.05) is 37.7 Å². The van der Waals surface area contributed by atoms with E-state index in [4.69, 9.17) is 4.74 Å². The number of halogens is 1. The highest BCUT2D eigenvalue weighted by Gasteiger charge is 2.34. The van der Waals surface area contributed by atoms with E-state index in [1.807, 2.05) is 4.90 Å². The van der Waals surface area contributed by atoms with E-state index in [0.29, 0.717) is 28.3 Å². The van der Waals surface area contributed by atoms with Crippen LogP contribution >= 0.6 is 0 Å². The molecule has 3 aromatic rings. The maximum Gasteiger partial charge on any atom is 0.343 e. The molecule has 31 heavy (non-hydrogen) atoms. The molecule has 5 rings (SSSR count). The van der Waals surface area contributed by atoms with Crippen molar-refractivity contribution >= 4 is 33.6 Å². The van der Waals surface area contributed by atoms with Gasteiger partial charge >= 0.3 is 5.97 Å². The van der Waals surface area contributed by atoms with Crippen LogP contribution in [0, 0.1) is 5.82 Å². The van der Waals surface area contributed by atoms with Crippen LogP contribution in [0.2, 0.25) is 0 Å². The Bertz CT molecular complexity index is 1240. The number of carbonyl (C=O) groups excluding carboxylic acids is 1. The van der Waals surface area contributed by atoms with Crippen LogP contribution in [0.5, 0.6) is 0 Å². The molecular weight excluding hydrogens is 399 g/mol. The number of hydrogen-bond acceptors (Lipinski definition) is 6. The molecule has 0 spiro atoms. The Morgan fingerprint density at radius 1 is 1.23 bits per heavy atom. The SMILES string of the molecule is CCOC(=O)c1cn(C)c2nc3cc(N4CC(N5CCCC5)C4)c(F)cc3cc2c1=O. The molecular formula is C23H25FN4O3. The van der Waals surface area contributed by atoms with Crippen molar-refractivity contribution in [3.05, 3.63) is 46.0 Å². The van der Waals surface area contributed by atoms with E-state index >= 15 is 0 Å². The average molecular weight is 424 g/mol. The van der Waals surface area contributed by atoms with Gasteiger partial charge in [0.05, 0.1) is 23.2 Å². The van der Waals surface area contributed by atoms with Crippen LogP contribution in [-0.2, 0) is 11.8 Å². The lowest BCUT2D eigenvalue weighted by Crippen LogP contribution is -2.59. The van der Waals surface area contributed by atoms with Gasteiger partial charge in [-0.2, -0.15) is 0 Å². The molecule has 2 fully saturated rings. The van der Waals surface area contributed by atoms with Gasteiger partial charge in [0, 0.05) is 37.8 Å². The zero-order chi connectivity index (χ0) is 21.7. The molecule has 0 unspecified atom stereocenters. The smallest absolute Gasteiger partial charge is 0.343 e. The van der Waals surface area contributed by atoms with Gasteiger partial charge in [-0.15, -0.1) is 0 Å². The fourth-order valence-corrected chi connectivity index (χ4v) is 4.65. The zero-order valence-corrected chi connectivity index (χ0v) is 17.7. The normalized spacial score (nSPS) is 17.5. The number of likely N-dealkylation sites (tertiary alicyclic amines) is 1. The summed E-state index contributed by atoms with van der Waals surface area (Å²) in [7, 11) is 1.73. The van der Waals surface area contributed by atoms with Crippen LogP contribution in [0.25, 0.3) is 21.9 Å². The number of anilines is 1. The number of aryl methyl sites for hydroxylation is 1. The zero-order valence-electron chi connectivity index (χ0n) is 17.7. The number of nitrogens with zero attached hydrogens (tertiary/aromatic N) is 4. The number of ether oxygens (including phenoxy) is 1. The highest BCUT2D eigenvalue weighted by Crippen LogP contribution is 2.31. The fraction of sp³-hybridized carbons (Fsp3) is 0.435. The Morgan fingerprint density at radius 2 is 1.97 bits per heavy atom. The van der Waals surface area contributed by atoms with Crippen molar-refractivity contribution in [3.63, 3.8) is 0 Å². The number of esters is 1. The summed E-state index contributed by atoms with van der Waals surface area (Å²) in [5.74, 6) is -0.996. The van der Waals surface area contributed by atoms with E-state index < -0.39 is 11.4 Å². The van der Waals surface area contributed by atoms with Gasteiger partial charge in [-0.05, 0) is 51.1 Å². The lowest BCUT2D eigenvalue weighted by atomic mass is 10.0. The third kappa shape index (κ3) is 3.35. The quantitative estimate of drug-likeness (QED) is 0.474. The Morgan fingerprint density at radius 3 is 2.68 bits per heavy atom. The molecule has 0 amide bonds. The predicted molar refractivity (Wildman–Crippen MR) is 117 cm³/mol. The van der Waals surface area contributed by atoms with Gasteiger partial charge < -0.3 is 14.2 Å². The first-order valence-electron chi connectivity index (χ1n) is 10.8. The molecule has 7 nitrogen and oxygen atoms in total. The van der Waals surface area contributed by atoms with Crippen LogP contribution in [0.3, 0.4) is 0 Å². The summed E-state index contributed by atoms with van der Waals surface area (Å²) in [5.41, 5.74) is 1.10. The molecule has 1 aromatic carbocycles. The van der Waals surface area contributed by atoms with Gasteiger partial charge in [-0.3, -0.25) is 9.69 Å². The molecule has 2 saturated heterocycles. The van der Waals surface area contributed by atoms with E-state index in [1.165, 1.54) is 25.1 Å². The van der Waals surface area contributed by atoms with Crippen LogP contribution in [-0.4, -0.2) is 59.2 Å². The average Bonchev–Trinajstić information content (AvgIpc) is 3.23. The van der Waals surface area contributed by atoms with Crippen LogP contribution in [0.15, 0.2) is 29.2 Å². The van der Waals surface area contributed by atoms with Gasteiger partial charge in [-0.25, -0.2) is 14.2 Å². The number of aromatic nitrogens is 2. The fourth-order valence-electron chi connectivity index (χ4n) is 4.65. The molecule has 2 aliphatic heterocycles. The number of fused-ring (bicyclic) bond motifs is 2. The standard InChI is InChI=1S/C23H25FN4O3/c1-3-31-23(30)17-13-26(2)22-16(21(17)29)8-14-9-18(24)20(10-19(14)25-22)28-11-15(12-28)27-6-4-5-7-27/h8-10,13,15H,3-7,11-12H2,1-2H3. The summed E-state index contributed by atoms with van der Waals surface area (Å²) >= 11 is 0. The monoisotopic (exact) mass is 424 g/mol. The Labute approximate surface area is 179 Å². The van der Waals surface area contributed by atoms with Crippen LogP contribution < -0.4 is 10.3 Å². The molecule has 0 aliphatic carbocycles. The van der Waals surface area contributed by atoms with Gasteiger partial charge in [0.25, 0.3) is 0 Å². The Balaban J connectivity index is 1.53. The number of benzene rings is 1. The van der Waals surface area contributed by atoms with Crippen LogP contribution in [0.1, 0.15) is 30.1 Å². The minimum atomic E-state index is -0.669. The summed E-state index contributed by atoms with van der Waals surface area (Å²) in [6, 6.07) is 5.29. The molecule has 0 saturated carbocycles. The van der Waals surface area contributed by atoms with Gasteiger partial charge in [0.2, 0.25) is 5.43 Å². The topological polar surface area (TPSA) is 67.7 Å². The van der Waals surface area contributed by atoms with Crippen molar-refractivity contribution in [2.24, 2.45) is 7.05 Å². The maximum absolute atomic E-state index is 14.9.